The molecule has 0 heterocycles. The first-order valence-electron chi connectivity index (χ1n) is 8.77. The van der Waals surface area contributed by atoms with Crippen LogP contribution in [0.5, 0.6) is 5.75 Å². The number of carbonyl (C=O) groups excluding carboxylic acids is 1. The molecule has 0 aromatic heterocycles. The van der Waals surface area contributed by atoms with Crippen molar-refractivity contribution in [2.45, 2.75) is 19.6 Å². The van der Waals surface area contributed by atoms with Gasteiger partial charge >= 0.3 is 0 Å². The lowest BCUT2D eigenvalue weighted by Gasteiger charge is -2.15. The van der Waals surface area contributed by atoms with E-state index in [1.807, 2.05) is 72.8 Å². The number of hydrogen-bond acceptors (Lipinski definition) is 3. The van der Waals surface area contributed by atoms with Crippen LogP contribution in [0.25, 0.3) is 10.8 Å². The van der Waals surface area contributed by atoms with Crippen molar-refractivity contribution in [3.05, 3.63) is 78.4 Å². The molecular formula is C22H23NO3. The third-order valence-corrected chi connectivity index (χ3v) is 4.06. The van der Waals surface area contributed by atoms with Crippen LogP contribution in [-0.4, -0.2) is 25.2 Å². The first kappa shape index (κ1) is 18.0. The molecule has 0 spiro atoms. The summed E-state index contributed by atoms with van der Waals surface area (Å²) in [6.07, 6.45) is -0.565. The summed E-state index contributed by atoms with van der Waals surface area (Å²) in [5.74, 6) is 0.535. The standard InChI is InChI=1S/C22H23NO3/c1-17(26-21-12-11-19-9-5-6-10-20(19)15-21)22(24)23-13-14-25-16-18-7-3-2-4-8-18/h2-12,15,17H,13-14,16H2,1H3,(H,23,24)/t17-/m1/s1. The van der Waals surface area contributed by atoms with Crippen LogP contribution in [-0.2, 0) is 16.1 Å². The minimum atomic E-state index is -0.565. The molecule has 3 aromatic rings. The van der Waals surface area contributed by atoms with E-state index in [1.165, 1.54) is 0 Å². The number of carbonyl (C=O) groups is 1. The Balaban J connectivity index is 1.41. The molecule has 0 fully saturated rings. The van der Waals surface area contributed by atoms with E-state index >= 15 is 0 Å². The van der Waals surface area contributed by atoms with Gasteiger partial charge in [0.15, 0.2) is 6.10 Å². The van der Waals surface area contributed by atoms with Crippen molar-refractivity contribution < 1.29 is 14.3 Å². The lowest BCUT2D eigenvalue weighted by molar-refractivity contribution is -0.127. The fourth-order valence-electron chi connectivity index (χ4n) is 2.65. The number of amides is 1. The molecule has 3 rings (SSSR count). The fourth-order valence-corrected chi connectivity index (χ4v) is 2.65. The number of fused-ring (bicyclic) bond motifs is 1. The molecule has 4 heteroatoms. The van der Waals surface area contributed by atoms with E-state index in [0.717, 1.165) is 16.3 Å². The third kappa shape index (κ3) is 5.07. The first-order valence-corrected chi connectivity index (χ1v) is 8.77. The second-order valence-corrected chi connectivity index (χ2v) is 6.10. The van der Waals surface area contributed by atoms with Crippen molar-refractivity contribution in [1.29, 1.82) is 0 Å². The molecule has 0 saturated carbocycles. The van der Waals surface area contributed by atoms with Crippen molar-refractivity contribution in [1.82, 2.24) is 5.32 Å². The maximum absolute atomic E-state index is 12.2. The summed E-state index contributed by atoms with van der Waals surface area (Å²) in [6, 6.07) is 23.8. The van der Waals surface area contributed by atoms with Crippen molar-refractivity contribution in [2.75, 3.05) is 13.2 Å². The summed E-state index contributed by atoms with van der Waals surface area (Å²) in [7, 11) is 0. The van der Waals surface area contributed by atoms with Gasteiger partial charge in [0.1, 0.15) is 5.75 Å². The predicted octanol–water partition coefficient (Wildman–Crippen LogP) is 3.94. The minimum absolute atomic E-state index is 0.151. The summed E-state index contributed by atoms with van der Waals surface area (Å²) < 4.78 is 11.3. The number of nitrogens with one attached hydrogen (secondary N) is 1. The lowest BCUT2D eigenvalue weighted by Crippen LogP contribution is -2.38. The van der Waals surface area contributed by atoms with E-state index in [4.69, 9.17) is 9.47 Å². The quantitative estimate of drug-likeness (QED) is 0.627. The minimum Gasteiger partial charge on any atom is -0.481 e. The second kappa shape index (κ2) is 9.02. The molecule has 0 saturated heterocycles. The van der Waals surface area contributed by atoms with Gasteiger partial charge in [0.2, 0.25) is 0 Å². The number of rotatable bonds is 8. The van der Waals surface area contributed by atoms with Gasteiger partial charge in [-0.25, -0.2) is 0 Å². The van der Waals surface area contributed by atoms with Gasteiger partial charge in [-0.05, 0) is 35.4 Å². The molecule has 0 bridgehead atoms. The highest BCUT2D eigenvalue weighted by Crippen LogP contribution is 2.21. The van der Waals surface area contributed by atoms with Crippen LogP contribution < -0.4 is 10.1 Å². The van der Waals surface area contributed by atoms with Gasteiger partial charge in [-0.3, -0.25) is 4.79 Å². The maximum Gasteiger partial charge on any atom is 0.260 e. The highest BCUT2D eigenvalue weighted by Gasteiger charge is 2.14. The van der Waals surface area contributed by atoms with Gasteiger partial charge in [-0.1, -0.05) is 60.7 Å². The molecule has 1 N–H and O–H groups in total. The molecule has 1 atom stereocenters. The SMILES string of the molecule is C[C@@H](Oc1ccc2ccccc2c1)C(=O)NCCOCc1ccccc1. The zero-order valence-electron chi connectivity index (χ0n) is 14.9. The maximum atomic E-state index is 12.2. The lowest BCUT2D eigenvalue weighted by atomic mass is 10.1. The Bertz CT molecular complexity index is 848. The molecule has 1 amide bonds. The summed E-state index contributed by atoms with van der Waals surface area (Å²) in [4.78, 5) is 12.2. The molecule has 26 heavy (non-hydrogen) atoms. The Morgan fingerprint density at radius 3 is 2.50 bits per heavy atom. The zero-order valence-corrected chi connectivity index (χ0v) is 14.9. The Labute approximate surface area is 153 Å². The van der Waals surface area contributed by atoms with Crippen LogP contribution in [0.2, 0.25) is 0 Å². The third-order valence-electron chi connectivity index (χ3n) is 4.06. The Morgan fingerprint density at radius 2 is 1.69 bits per heavy atom. The van der Waals surface area contributed by atoms with E-state index in [2.05, 4.69) is 5.32 Å². The van der Waals surface area contributed by atoms with E-state index in [0.29, 0.717) is 25.5 Å². The van der Waals surface area contributed by atoms with Crippen molar-refractivity contribution >= 4 is 16.7 Å². The number of hydrogen-bond donors (Lipinski definition) is 1. The Morgan fingerprint density at radius 1 is 0.962 bits per heavy atom. The van der Waals surface area contributed by atoms with E-state index in [1.54, 1.807) is 6.92 Å². The van der Waals surface area contributed by atoms with Gasteiger partial charge in [0, 0.05) is 6.54 Å². The smallest absolute Gasteiger partial charge is 0.260 e. The Hall–Kier alpha value is -2.85. The van der Waals surface area contributed by atoms with E-state index in [-0.39, 0.29) is 5.91 Å². The van der Waals surface area contributed by atoms with Crippen molar-refractivity contribution in [2.24, 2.45) is 0 Å². The van der Waals surface area contributed by atoms with Gasteiger partial charge < -0.3 is 14.8 Å². The molecular weight excluding hydrogens is 326 g/mol. The van der Waals surface area contributed by atoms with Gasteiger partial charge in [-0.15, -0.1) is 0 Å². The molecule has 3 aromatic carbocycles. The summed E-state index contributed by atoms with van der Waals surface area (Å²) in [6.45, 7) is 3.20. The molecule has 134 valence electrons. The zero-order chi connectivity index (χ0) is 18.2. The molecule has 0 aliphatic carbocycles. The van der Waals surface area contributed by atoms with Crippen LogP contribution >= 0.6 is 0 Å². The average molecular weight is 349 g/mol. The fraction of sp³-hybridized carbons (Fsp3) is 0.227. The van der Waals surface area contributed by atoms with Crippen LogP contribution in [0, 0.1) is 0 Å². The molecule has 0 radical (unpaired) electrons. The molecule has 0 aliphatic rings. The Kier molecular flexibility index (Phi) is 6.23. The van der Waals surface area contributed by atoms with Crippen LogP contribution in [0.1, 0.15) is 12.5 Å². The van der Waals surface area contributed by atoms with Crippen LogP contribution in [0.15, 0.2) is 72.8 Å². The van der Waals surface area contributed by atoms with Crippen molar-refractivity contribution in [3.8, 4) is 5.75 Å². The summed E-state index contributed by atoms with van der Waals surface area (Å²) >= 11 is 0. The highest BCUT2D eigenvalue weighted by atomic mass is 16.5. The average Bonchev–Trinajstić information content (AvgIpc) is 2.68. The normalized spacial score (nSPS) is 11.9. The number of benzene rings is 3. The number of ether oxygens (including phenoxy) is 2. The topological polar surface area (TPSA) is 47.6 Å². The van der Waals surface area contributed by atoms with Gasteiger partial charge in [0.05, 0.1) is 13.2 Å². The molecule has 0 unspecified atom stereocenters. The molecule has 4 nitrogen and oxygen atoms in total. The summed E-state index contributed by atoms with van der Waals surface area (Å²) in [5.41, 5.74) is 1.12. The second-order valence-electron chi connectivity index (χ2n) is 6.10. The summed E-state index contributed by atoms with van der Waals surface area (Å²) in [5, 5.41) is 5.07. The highest BCUT2D eigenvalue weighted by molar-refractivity contribution is 5.84. The predicted molar refractivity (Wildman–Crippen MR) is 103 cm³/mol. The molecule has 0 aliphatic heterocycles. The monoisotopic (exact) mass is 349 g/mol. The largest absolute Gasteiger partial charge is 0.481 e. The van der Waals surface area contributed by atoms with Crippen LogP contribution in [0.3, 0.4) is 0 Å². The van der Waals surface area contributed by atoms with Crippen molar-refractivity contribution in [3.63, 3.8) is 0 Å². The van der Waals surface area contributed by atoms with E-state index in [9.17, 15) is 4.79 Å². The van der Waals surface area contributed by atoms with Crippen LogP contribution in [0.4, 0.5) is 0 Å². The van der Waals surface area contributed by atoms with Gasteiger partial charge in [0.25, 0.3) is 5.91 Å². The van der Waals surface area contributed by atoms with E-state index < -0.39 is 6.10 Å². The van der Waals surface area contributed by atoms with Gasteiger partial charge in [-0.2, -0.15) is 0 Å². The first-order chi connectivity index (χ1) is 12.7.